The van der Waals surface area contributed by atoms with E-state index in [0.717, 1.165) is 30.4 Å². The molecule has 3 heteroatoms. The Hall–Kier alpha value is -0.410. The minimum absolute atomic E-state index is 0.100. The molecule has 0 amide bonds. The van der Waals surface area contributed by atoms with E-state index in [1.54, 1.807) is 6.07 Å². The maximum Gasteiger partial charge on any atom is 0.142 e. The van der Waals surface area contributed by atoms with Crippen LogP contribution in [0.5, 0.6) is 0 Å². The topological polar surface area (TPSA) is 12.0 Å². The van der Waals surface area contributed by atoms with Gasteiger partial charge in [-0.05, 0) is 72.0 Å². The summed E-state index contributed by atoms with van der Waals surface area (Å²) in [6.45, 7) is 7.76. The van der Waals surface area contributed by atoms with Crippen molar-refractivity contribution in [1.82, 2.24) is 5.32 Å². The molecule has 0 spiro atoms. The van der Waals surface area contributed by atoms with Crippen LogP contribution in [0.3, 0.4) is 0 Å². The first-order chi connectivity index (χ1) is 10.0. The molecule has 0 heterocycles. The zero-order valence-corrected chi connectivity index (χ0v) is 14.9. The summed E-state index contributed by atoms with van der Waals surface area (Å²) in [5.74, 6) is 1.90. The van der Waals surface area contributed by atoms with Crippen molar-refractivity contribution >= 4 is 15.9 Å². The van der Waals surface area contributed by atoms with Crippen LogP contribution in [0.25, 0.3) is 0 Å². The summed E-state index contributed by atoms with van der Waals surface area (Å²) in [4.78, 5) is 0. The van der Waals surface area contributed by atoms with Gasteiger partial charge in [0.25, 0.3) is 0 Å². The highest BCUT2D eigenvalue weighted by atomic mass is 79.9. The molecule has 1 aliphatic carbocycles. The van der Waals surface area contributed by atoms with Crippen LogP contribution in [0.1, 0.15) is 58.1 Å². The summed E-state index contributed by atoms with van der Waals surface area (Å²) >= 11 is 3.33. The molecule has 3 atom stereocenters. The number of hydrogen-bond donors (Lipinski definition) is 1. The van der Waals surface area contributed by atoms with Gasteiger partial charge < -0.3 is 5.32 Å². The van der Waals surface area contributed by atoms with Gasteiger partial charge in [0.2, 0.25) is 0 Å². The van der Waals surface area contributed by atoms with Gasteiger partial charge in [-0.25, -0.2) is 4.39 Å². The highest BCUT2D eigenvalue weighted by Crippen LogP contribution is 2.41. The lowest BCUT2D eigenvalue weighted by Crippen LogP contribution is -2.34. The molecule has 2 rings (SSSR count). The second-order valence-corrected chi connectivity index (χ2v) is 7.61. The third-order valence-electron chi connectivity index (χ3n) is 4.62. The van der Waals surface area contributed by atoms with Crippen LogP contribution in [-0.4, -0.2) is 6.54 Å². The minimum Gasteiger partial charge on any atom is -0.310 e. The lowest BCUT2D eigenvalue weighted by Gasteiger charge is -2.37. The molecule has 0 aliphatic heterocycles. The monoisotopic (exact) mass is 355 g/mol. The van der Waals surface area contributed by atoms with Gasteiger partial charge in [0.1, 0.15) is 5.82 Å². The highest BCUT2D eigenvalue weighted by molar-refractivity contribution is 9.10. The second kappa shape index (κ2) is 7.73. The minimum atomic E-state index is -0.100. The molecule has 1 aliphatic rings. The lowest BCUT2D eigenvalue weighted by molar-refractivity contribution is 0.174. The summed E-state index contributed by atoms with van der Waals surface area (Å²) in [6, 6.07) is 5.80. The third kappa shape index (κ3) is 4.29. The molecule has 1 saturated carbocycles. The largest absolute Gasteiger partial charge is 0.310 e. The Labute approximate surface area is 136 Å². The van der Waals surface area contributed by atoms with Crippen LogP contribution >= 0.6 is 15.9 Å². The van der Waals surface area contributed by atoms with E-state index < -0.39 is 0 Å². The summed E-state index contributed by atoms with van der Waals surface area (Å²) < 4.78 is 15.1. The van der Waals surface area contributed by atoms with Crippen molar-refractivity contribution in [1.29, 1.82) is 0 Å². The van der Waals surface area contributed by atoms with E-state index in [0.29, 0.717) is 10.4 Å². The molecule has 0 bridgehead atoms. The Bertz CT molecular complexity index is 453. The molecule has 0 radical (unpaired) electrons. The van der Waals surface area contributed by atoms with Crippen LogP contribution in [0.4, 0.5) is 4.39 Å². The molecule has 1 aromatic carbocycles. The van der Waals surface area contributed by atoms with Crippen molar-refractivity contribution in [3.05, 3.63) is 34.1 Å². The van der Waals surface area contributed by atoms with E-state index in [4.69, 9.17) is 0 Å². The van der Waals surface area contributed by atoms with Crippen LogP contribution in [0.2, 0.25) is 0 Å². The van der Waals surface area contributed by atoms with E-state index in [2.05, 4.69) is 42.0 Å². The normalized spacial score (nSPS) is 27.6. The average Bonchev–Trinajstić information content (AvgIpc) is 2.42. The van der Waals surface area contributed by atoms with Crippen LogP contribution < -0.4 is 5.32 Å². The predicted molar refractivity (Wildman–Crippen MR) is 90.8 cm³/mol. The zero-order valence-electron chi connectivity index (χ0n) is 13.3. The fourth-order valence-corrected chi connectivity index (χ4v) is 4.25. The molecule has 1 aromatic rings. The Kier molecular flexibility index (Phi) is 6.24. The van der Waals surface area contributed by atoms with Gasteiger partial charge in [0.05, 0.1) is 4.47 Å². The number of rotatable bonds is 5. The molecule has 21 heavy (non-hydrogen) atoms. The summed E-state index contributed by atoms with van der Waals surface area (Å²) in [7, 11) is 0. The maximum atomic E-state index is 14.5. The van der Waals surface area contributed by atoms with E-state index in [1.807, 2.05) is 12.1 Å². The summed E-state index contributed by atoms with van der Waals surface area (Å²) in [6.07, 6.45) is 4.76. The van der Waals surface area contributed by atoms with Crippen molar-refractivity contribution in [2.24, 2.45) is 17.8 Å². The molecular weight excluding hydrogens is 329 g/mol. The standard InChI is InChI=1S/C18H27BrFN/c1-4-8-21-18(14-10-12(2)9-13(3)11-14)15-6-5-7-16(19)17(15)20/h5-7,12-14,18,21H,4,8-11H2,1-3H3. The van der Waals surface area contributed by atoms with Crippen LogP contribution in [0, 0.1) is 23.6 Å². The van der Waals surface area contributed by atoms with Gasteiger partial charge in [-0.1, -0.05) is 32.9 Å². The lowest BCUT2D eigenvalue weighted by atomic mass is 9.72. The third-order valence-corrected chi connectivity index (χ3v) is 5.23. The van der Waals surface area contributed by atoms with Gasteiger partial charge in [0.15, 0.2) is 0 Å². The first kappa shape index (κ1) is 17.0. The number of hydrogen-bond acceptors (Lipinski definition) is 1. The van der Waals surface area contributed by atoms with Gasteiger partial charge in [-0.15, -0.1) is 0 Å². The van der Waals surface area contributed by atoms with E-state index in [-0.39, 0.29) is 11.9 Å². The highest BCUT2D eigenvalue weighted by Gasteiger charge is 2.32. The second-order valence-electron chi connectivity index (χ2n) is 6.75. The first-order valence-corrected chi connectivity index (χ1v) is 8.99. The maximum absolute atomic E-state index is 14.5. The first-order valence-electron chi connectivity index (χ1n) is 8.20. The van der Waals surface area contributed by atoms with Gasteiger partial charge in [-0.3, -0.25) is 0 Å². The number of nitrogens with one attached hydrogen (secondary N) is 1. The SMILES string of the molecule is CCCNC(c1cccc(Br)c1F)C1CC(C)CC(C)C1. The quantitative estimate of drug-likeness (QED) is 0.713. The smallest absolute Gasteiger partial charge is 0.142 e. The van der Waals surface area contributed by atoms with Gasteiger partial charge in [-0.2, -0.15) is 0 Å². The molecule has 118 valence electrons. The van der Waals surface area contributed by atoms with Crippen molar-refractivity contribution in [3.63, 3.8) is 0 Å². The molecule has 1 N–H and O–H groups in total. The molecule has 1 fully saturated rings. The summed E-state index contributed by atoms with van der Waals surface area (Å²) in [5, 5.41) is 3.60. The van der Waals surface area contributed by atoms with Crippen molar-refractivity contribution in [2.75, 3.05) is 6.54 Å². The molecule has 0 aromatic heterocycles. The number of halogens is 2. The van der Waals surface area contributed by atoms with E-state index in [1.165, 1.54) is 19.3 Å². The average molecular weight is 356 g/mol. The Morgan fingerprint density at radius 3 is 2.52 bits per heavy atom. The van der Waals surface area contributed by atoms with E-state index in [9.17, 15) is 4.39 Å². The molecule has 0 saturated heterocycles. The molecular formula is C18H27BrFN. The Morgan fingerprint density at radius 1 is 1.24 bits per heavy atom. The number of benzene rings is 1. The Balaban J connectivity index is 2.27. The van der Waals surface area contributed by atoms with Gasteiger partial charge in [0, 0.05) is 11.6 Å². The van der Waals surface area contributed by atoms with Crippen molar-refractivity contribution in [3.8, 4) is 0 Å². The summed E-state index contributed by atoms with van der Waals surface area (Å²) in [5.41, 5.74) is 0.823. The van der Waals surface area contributed by atoms with Gasteiger partial charge >= 0.3 is 0 Å². The fourth-order valence-electron chi connectivity index (χ4n) is 3.87. The molecule has 1 nitrogen and oxygen atoms in total. The molecule has 3 unspecified atom stereocenters. The fraction of sp³-hybridized carbons (Fsp3) is 0.667. The van der Waals surface area contributed by atoms with Crippen LogP contribution in [-0.2, 0) is 0 Å². The van der Waals surface area contributed by atoms with Crippen molar-refractivity contribution < 1.29 is 4.39 Å². The Morgan fingerprint density at radius 2 is 1.90 bits per heavy atom. The van der Waals surface area contributed by atoms with Crippen LogP contribution in [0.15, 0.2) is 22.7 Å². The zero-order chi connectivity index (χ0) is 15.4. The van der Waals surface area contributed by atoms with E-state index >= 15 is 0 Å². The van der Waals surface area contributed by atoms with Crippen molar-refractivity contribution in [2.45, 2.75) is 52.5 Å². The predicted octanol–water partition coefficient (Wildman–Crippen LogP) is 5.70.